The third-order valence-electron chi connectivity index (χ3n) is 3.01. The Morgan fingerprint density at radius 3 is 2.40 bits per heavy atom. The van der Waals surface area contributed by atoms with Crippen LogP contribution in [0.2, 0.25) is 0 Å². The molecule has 4 heteroatoms. The second-order valence-corrected chi connectivity index (χ2v) is 4.34. The Morgan fingerprint density at radius 2 is 1.87 bits per heavy atom. The van der Waals surface area contributed by atoms with Crippen LogP contribution in [0, 0.1) is 0 Å². The Morgan fingerprint density at radius 1 is 1.27 bits per heavy atom. The zero-order valence-corrected chi connectivity index (χ0v) is 9.32. The summed E-state index contributed by atoms with van der Waals surface area (Å²) in [6, 6.07) is -0.683. The fourth-order valence-electron chi connectivity index (χ4n) is 2.02. The molecule has 0 aromatic carbocycles. The molecule has 1 aliphatic rings. The first kappa shape index (κ1) is 12.5. The van der Waals surface area contributed by atoms with Gasteiger partial charge in [0.25, 0.3) is 0 Å². The summed E-state index contributed by atoms with van der Waals surface area (Å²) in [6.45, 7) is 3.34. The lowest BCUT2D eigenvalue weighted by atomic mass is 10.1. The minimum Gasteiger partial charge on any atom is -0.480 e. The minimum absolute atomic E-state index is 0.589. The summed E-state index contributed by atoms with van der Waals surface area (Å²) in [4.78, 5) is 12.9. The average Bonchev–Trinajstić information content (AvgIpc) is 2.46. The first-order valence-electron chi connectivity index (χ1n) is 5.91. The van der Waals surface area contributed by atoms with Gasteiger partial charge in [-0.25, -0.2) is 0 Å². The summed E-state index contributed by atoms with van der Waals surface area (Å²) in [6.07, 6.45) is 6.73. The summed E-state index contributed by atoms with van der Waals surface area (Å²) in [7, 11) is 0. The van der Waals surface area contributed by atoms with Crippen LogP contribution in [-0.4, -0.2) is 41.7 Å². The van der Waals surface area contributed by atoms with Crippen molar-refractivity contribution in [2.45, 2.75) is 44.6 Å². The van der Waals surface area contributed by atoms with Gasteiger partial charge in [-0.15, -0.1) is 0 Å². The Hall–Kier alpha value is -0.610. The van der Waals surface area contributed by atoms with Gasteiger partial charge in [0.2, 0.25) is 0 Å². The highest BCUT2D eigenvalue weighted by molar-refractivity contribution is 5.72. The van der Waals surface area contributed by atoms with E-state index in [1.807, 2.05) is 0 Å². The molecule has 1 saturated heterocycles. The molecule has 3 N–H and O–H groups in total. The highest BCUT2D eigenvalue weighted by atomic mass is 16.4. The van der Waals surface area contributed by atoms with Crippen LogP contribution in [0.5, 0.6) is 0 Å². The lowest BCUT2D eigenvalue weighted by Gasteiger charge is -2.19. The Labute approximate surface area is 91.4 Å². The molecule has 4 nitrogen and oxygen atoms in total. The molecule has 0 aromatic heterocycles. The van der Waals surface area contributed by atoms with Crippen LogP contribution < -0.4 is 5.73 Å². The molecule has 1 unspecified atom stereocenters. The van der Waals surface area contributed by atoms with Crippen LogP contribution in [0.4, 0.5) is 0 Å². The van der Waals surface area contributed by atoms with Crippen LogP contribution in [0.25, 0.3) is 0 Å². The molecule has 1 aliphatic heterocycles. The summed E-state index contributed by atoms with van der Waals surface area (Å²) in [5, 5.41) is 8.63. The molecule has 0 aliphatic carbocycles. The normalized spacial score (nSPS) is 20.9. The van der Waals surface area contributed by atoms with Crippen molar-refractivity contribution in [1.29, 1.82) is 0 Å². The van der Waals surface area contributed by atoms with Crippen molar-refractivity contribution >= 4 is 5.97 Å². The van der Waals surface area contributed by atoms with Crippen LogP contribution in [-0.2, 0) is 4.79 Å². The first-order chi connectivity index (χ1) is 7.20. The second kappa shape index (κ2) is 6.80. The van der Waals surface area contributed by atoms with Gasteiger partial charge >= 0.3 is 5.97 Å². The van der Waals surface area contributed by atoms with Crippen molar-refractivity contribution < 1.29 is 9.90 Å². The number of nitrogens with two attached hydrogens (primary N) is 1. The van der Waals surface area contributed by atoms with Gasteiger partial charge in [0.15, 0.2) is 0 Å². The minimum atomic E-state index is -0.883. The van der Waals surface area contributed by atoms with E-state index < -0.39 is 12.0 Å². The van der Waals surface area contributed by atoms with E-state index >= 15 is 0 Å². The molecule has 1 atom stereocenters. The van der Waals surface area contributed by atoms with Crippen LogP contribution in [0.1, 0.15) is 38.5 Å². The van der Waals surface area contributed by atoms with E-state index in [0.29, 0.717) is 6.42 Å². The molecule has 15 heavy (non-hydrogen) atoms. The SMILES string of the molecule is NC(CCCN1CCCCCC1)C(=O)O. The van der Waals surface area contributed by atoms with E-state index in [9.17, 15) is 4.79 Å². The number of carbonyl (C=O) groups is 1. The third kappa shape index (κ3) is 5.14. The topological polar surface area (TPSA) is 66.6 Å². The van der Waals surface area contributed by atoms with Gasteiger partial charge in [-0.3, -0.25) is 4.79 Å². The van der Waals surface area contributed by atoms with E-state index in [-0.39, 0.29) is 0 Å². The number of aliphatic carboxylic acids is 1. The van der Waals surface area contributed by atoms with Crippen molar-refractivity contribution in [1.82, 2.24) is 4.90 Å². The molecule has 0 bridgehead atoms. The van der Waals surface area contributed by atoms with Crippen LogP contribution >= 0.6 is 0 Å². The highest BCUT2D eigenvalue weighted by Crippen LogP contribution is 2.10. The Kier molecular flexibility index (Phi) is 5.65. The number of carboxylic acids is 1. The van der Waals surface area contributed by atoms with Crippen molar-refractivity contribution in [3.63, 3.8) is 0 Å². The zero-order valence-electron chi connectivity index (χ0n) is 9.32. The predicted molar refractivity (Wildman–Crippen MR) is 59.8 cm³/mol. The van der Waals surface area contributed by atoms with Crippen molar-refractivity contribution in [3.8, 4) is 0 Å². The molecule has 0 aromatic rings. The van der Waals surface area contributed by atoms with Crippen LogP contribution in [0.3, 0.4) is 0 Å². The quantitative estimate of drug-likeness (QED) is 0.718. The first-order valence-corrected chi connectivity index (χ1v) is 5.91. The maximum Gasteiger partial charge on any atom is 0.320 e. The maximum atomic E-state index is 10.5. The van der Waals surface area contributed by atoms with E-state index in [0.717, 1.165) is 13.0 Å². The molecular formula is C11H22N2O2. The van der Waals surface area contributed by atoms with E-state index in [2.05, 4.69) is 4.90 Å². The lowest BCUT2D eigenvalue weighted by molar-refractivity contribution is -0.138. The molecule has 1 heterocycles. The number of hydrogen-bond donors (Lipinski definition) is 2. The third-order valence-corrected chi connectivity index (χ3v) is 3.01. The predicted octanol–water partition coefficient (Wildman–Crippen LogP) is 1.05. The number of nitrogens with zero attached hydrogens (tertiary/aromatic N) is 1. The van der Waals surface area contributed by atoms with Crippen molar-refractivity contribution in [2.24, 2.45) is 5.73 Å². The zero-order chi connectivity index (χ0) is 11.1. The number of likely N-dealkylation sites (tertiary alicyclic amines) is 1. The van der Waals surface area contributed by atoms with Gasteiger partial charge in [-0.2, -0.15) is 0 Å². The Balaban J connectivity index is 2.10. The van der Waals surface area contributed by atoms with Gasteiger partial charge in [-0.1, -0.05) is 12.8 Å². The fraction of sp³-hybridized carbons (Fsp3) is 0.909. The second-order valence-electron chi connectivity index (χ2n) is 4.34. The number of hydrogen-bond acceptors (Lipinski definition) is 3. The maximum absolute atomic E-state index is 10.5. The van der Waals surface area contributed by atoms with Gasteiger partial charge in [0.05, 0.1) is 0 Å². The Bertz CT molecular complexity index is 189. The van der Waals surface area contributed by atoms with Crippen LogP contribution in [0.15, 0.2) is 0 Å². The fourth-order valence-corrected chi connectivity index (χ4v) is 2.02. The molecular weight excluding hydrogens is 192 g/mol. The van der Waals surface area contributed by atoms with Gasteiger partial charge in [0.1, 0.15) is 6.04 Å². The lowest BCUT2D eigenvalue weighted by Crippen LogP contribution is -2.32. The van der Waals surface area contributed by atoms with Crippen molar-refractivity contribution in [3.05, 3.63) is 0 Å². The van der Waals surface area contributed by atoms with Gasteiger partial charge < -0.3 is 15.7 Å². The molecule has 0 spiro atoms. The summed E-state index contributed by atoms with van der Waals surface area (Å²) in [5.41, 5.74) is 5.44. The summed E-state index contributed by atoms with van der Waals surface area (Å²) in [5.74, 6) is -0.883. The average molecular weight is 214 g/mol. The van der Waals surface area contributed by atoms with E-state index in [1.165, 1.54) is 38.8 Å². The van der Waals surface area contributed by atoms with Crippen molar-refractivity contribution in [2.75, 3.05) is 19.6 Å². The summed E-state index contributed by atoms with van der Waals surface area (Å²) >= 11 is 0. The number of carboxylic acid groups (broad SMARTS) is 1. The molecule has 1 fully saturated rings. The van der Waals surface area contributed by atoms with E-state index in [1.54, 1.807) is 0 Å². The molecule has 88 valence electrons. The van der Waals surface area contributed by atoms with E-state index in [4.69, 9.17) is 10.8 Å². The monoisotopic (exact) mass is 214 g/mol. The molecule has 0 amide bonds. The molecule has 0 radical (unpaired) electrons. The number of rotatable bonds is 5. The highest BCUT2D eigenvalue weighted by Gasteiger charge is 2.12. The molecule has 1 rings (SSSR count). The molecule has 0 saturated carbocycles. The summed E-state index contributed by atoms with van der Waals surface area (Å²) < 4.78 is 0. The smallest absolute Gasteiger partial charge is 0.320 e. The van der Waals surface area contributed by atoms with Gasteiger partial charge in [0, 0.05) is 0 Å². The standard InChI is InChI=1S/C11H22N2O2/c12-10(11(14)15)6-5-9-13-7-3-1-2-4-8-13/h10H,1-9,12H2,(H,14,15). The largest absolute Gasteiger partial charge is 0.480 e. The van der Waals surface area contributed by atoms with Gasteiger partial charge in [-0.05, 0) is 45.3 Å².